The zero-order valence-electron chi connectivity index (χ0n) is 13.7. The number of amides is 2. The molecule has 1 fully saturated rings. The molecule has 0 saturated heterocycles. The third-order valence-corrected chi connectivity index (χ3v) is 4.33. The molecule has 1 aromatic rings. The Bertz CT molecular complexity index is 600. The van der Waals surface area contributed by atoms with E-state index in [2.05, 4.69) is 15.4 Å². The highest BCUT2D eigenvalue weighted by atomic mass is 16.5. The first-order valence-electron chi connectivity index (χ1n) is 8.01. The number of methoxy groups -OCH3 is 1. The van der Waals surface area contributed by atoms with Gasteiger partial charge in [-0.3, -0.25) is 14.4 Å². The van der Waals surface area contributed by atoms with E-state index in [0.717, 1.165) is 19.3 Å². The molecule has 0 aliphatic heterocycles. The van der Waals surface area contributed by atoms with Crippen molar-refractivity contribution in [2.75, 3.05) is 25.5 Å². The van der Waals surface area contributed by atoms with Gasteiger partial charge in [0, 0.05) is 17.2 Å². The lowest BCUT2D eigenvalue weighted by Crippen LogP contribution is -2.30. The highest BCUT2D eigenvalue weighted by Gasteiger charge is 2.31. The molecule has 0 bridgehead atoms. The van der Waals surface area contributed by atoms with Crippen molar-refractivity contribution < 1.29 is 19.1 Å². The second-order valence-electron chi connectivity index (χ2n) is 5.86. The van der Waals surface area contributed by atoms with E-state index >= 15 is 0 Å². The number of carbonyl (C=O) groups is 3. The monoisotopic (exact) mass is 333 g/mol. The highest BCUT2D eigenvalue weighted by molar-refractivity contribution is 5.97. The Morgan fingerprint density at radius 1 is 1.21 bits per heavy atom. The molecule has 2 rings (SSSR count). The second kappa shape index (κ2) is 8.44. The standard InChI is InChI=1S/C17H23N3O4/c1-24-15(21)10-19-16(22)11-5-7-13(8-6-11)20-17(23)14-4-2-3-12(14)9-18/h5-8,12,14H,2-4,9-10,18H2,1H3,(H,19,22)(H,20,23)/t12-,14-/m1/s1. The average Bonchev–Trinajstić information content (AvgIpc) is 3.08. The average molecular weight is 333 g/mol. The number of anilines is 1. The summed E-state index contributed by atoms with van der Waals surface area (Å²) in [7, 11) is 1.26. The van der Waals surface area contributed by atoms with Gasteiger partial charge in [-0.1, -0.05) is 6.42 Å². The Morgan fingerprint density at radius 2 is 1.92 bits per heavy atom. The van der Waals surface area contributed by atoms with E-state index in [1.807, 2.05) is 0 Å². The van der Waals surface area contributed by atoms with Crippen LogP contribution in [0.3, 0.4) is 0 Å². The van der Waals surface area contributed by atoms with Crippen LogP contribution in [0.5, 0.6) is 0 Å². The molecular formula is C17H23N3O4. The molecule has 0 heterocycles. The summed E-state index contributed by atoms with van der Waals surface area (Å²) < 4.78 is 4.46. The van der Waals surface area contributed by atoms with Crippen LogP contribution in [0.15, 0.2) is 24.3 Å². The molecule has 130 valence electrons. The molecule has 1 aliphatic rings. The van der Waals surface area contributed by atoms with Crippen molar-refractivity contribution in [3.05, 3.63) is 29.8 Å². The Balaban J connectivity index is 1.90. The molecule has 2 amide bonds. The number of nitrogens with two attached hydrogens (primary N) is 1. The van der Waals surface area contributed by atoms with E-state index < -0.39 is 5.97 Å². The molecular weight excluding hydrogens is 310 g/mol. The molecule has 7 heteroatoms. The van der Waals surface area contributed by atoms with Gasteiger partial charge in [0.25, 0.3) is 5.91 Å². The van der Waals surface area contributed by atoms with Crippen LogP contribution >= 0.6 is 0 Å². The summed E-state index contributed by atoms with van der Waals surface area (Å²) in [4.78, 5) is 35.2. The summed E-state index contributed by atoms with van der Waals surface area (Å²) in [5.41, 5.74) is 6.74. The van der Waals surface area contributed by atoms with Crippen molar-refractivity contribution in [3.8, 4) is 0 Å². The third-order valence-electron chi connectivity index (χ3n) is 4.33. The first-order valence-corrected chi connectivity index (χ1v) is 8.01. The fraction of sp³-hybridized carbons (Fsp3) is 0.471. The van der Waals surface area contributed by atoms with Crippen LogP contribution in [0.4, 0.5) is 5.69 Å². The van der Waals surface area contributed by atoms with Crippen molar-refractivity contribution >= 4 is 23.5 Å². The van der Waals surface area contributed by atoms with Crippen LogP contribution in [0.1, 0.15) is 29.6 Å². The van der Waals surface area contributed by atoms with Gasteiger partial charge < -0.3 is 21.1 Å². The maximum absolute atomic E-state index is 12.3. The van der Waals surface area contributed by atoms with Gasteiger partial charge in [0.05, 0.1) is 7.11 Å². The zero-order chi connectivity index (χ0) is 17.5. The number of ether oxygens (including phenoxy) is 1. The molecule has 0 unspecified atom stereocenters. The van der Waals surface area contributed by atoms with E-state index in [-0.39, 0.29) is 30.2 Å². The van der Waals surface area contributed by atoms with Gasteiger partial charge in [0.2, 0.25) is 5.91 Å². The maximum atomic E-state index is 12.3. The van der Waals surface area contributed by atoms with E-state index in [4.69, 9.17) is 5.73 Å². The summed E-state index contributed by atoms with van der Waals surface area (Å²) in [5, 5.41) is 5.33. The number of esters is 1. The SMILES string of the molecule is COC(=O)CNC(=O)c1ccc(NC(=O)[C@@H]2CCC[C@@H]2CN)cc1. The largest absolute Gasteiger partial charge is 0.468 e. The molecule has 0 spiro atoms. The number of nitrogens with one attached hydrogen (secondary N) is 2. The van der Waals surface area contributed by atoms with E-state index in [1.165, 1.54) is 7.11 Å². The van der Waals surface area contributed by atoms with Crippen LogP contribution in [-0.2, 0) is 14.3 Å². The molecule has 1 aliphatic carbocycles. The van der Waals surface area contributed by atoms with Crippen LogP contribution in [0.25, 0.3) is 0 Å². The van der Waals surface area contributed by atoms with E-state index in [0.29, 0.717) is 17.8 Å². The molecule has 4 N–H and O–H groups in total. The van der Waals surface area contributed by atoms with Crippen LogP contribution in [-0.4, -0.2) is 38.0 Å². The molecule has 2 atom stereocenters. The zero-order valence-corrected chi connectivity index (χ0v) is 13.7. The fourth-order valence-electron chi connectivity index (χ4n) is 2.93. The number of carbonyl (C=O) groups excluding carboxylic acids is 3. The van der Waals surface area contributed by atoms with Gasteiger partial charge in [0.1, 0.15) is 6.54 Å². The lowest BCUT2D eigenvalue weighted by Gasteiger charge is -2.17. The van der Waals surface area contributed by atoms with E-state index in [1.54, 1.807) is 24.3 Å². The summed E-state index contributed by atoms with van der Waals surface area (Å²) in [6, 6.07) is 6.52. The normalized spacial score (nSPS) is 19.6. The van der Waals surface area contributed by atoms with Gasteiger partial charge in [-0.25, -0.2) is 0 Å². The van der Waals surface area contributed by atoms with Crippen LogP contribution in [0, 0.1) is 11.8 Å². The minimum atomic E-state index is -0.516. The number of hydrogen-bond donors (Lipinski definition) is 3. The topological polar surface area (TPSA) is 111 Å². The maximum Gasteiger partial charge on any atom is 0.325 e. The predicted octanol–water partition coefficient (Wildman–Crippen LogP) is 0.903. The van der Waals surface area contributed by atoms with Gasteiger partial charge in [-0.05, 0) is 49.6 Å². The van der Waals surface area contributed by atoms with Crippen molar-refractivity contribution in [1.82, 2.24) is 5.32 Å². The van der Waals surface area contributed by atoms with Crippen molar-refractivity contribution in [2.45, 2.75) is 19.3 Å². The predicted molar refractivity (Wildman–Crippen MR) is 89.3 cm³/mol. The third kappa shape index (κ3) is 4.55. The molecule has 0 aromatic heterocycles. The molecule has 1 aromatic carbocycles. The number of benzene rings is 1. The Kier molecular flexibility index (Phi) is 6.31. The smallest absolute Gasteiger partial charge is 0.325 e. The van der Waals surface area contributed by atoms with E-state index in [9.17, 15) is 14.4 Å². The summed E-state index contributed by atoms with van der Waals surface area (Å²) in [6.45, 7) is 0.341. The fourth-order valence-corrected chi connectivity index (χ4v) is 2.93. The Hall–Kier alpha value is -2.41. The van der Waals surface area contributed by atoms with Crippen molar-refractivity contribution in [1.29, 1.82) is 0 Å². The number of hydrogen-bond acceptors (Lipinski definition) is 5. The summed E-state index contributed by atoms with van der Waals surface area (Å²) in [6.07, 6.45) is 2.88. The van der Waals surface area contributed by atoms with Gasteiger partial charge in [-0.15, -0.1) is 0 Å². The minimum Gasteiger partial charge on any atom is -0.468 e. The molecule has 24 heavy (non-hydrogen) atoms. The molecule has 1 saturated carbocycles. The van der Waals surface area contributed by atoms with Gasteiger partial charge in [0.15, 0.2) is 0 Å². The summed E-state index contributed by atoms with van der Waals surface area (Å²) in [5.74, 6) is -0.715. The second-order valence-corrected chi connectivity index (χ2v) is 5.86. The first-order chi connectivity index (χ1) is 11.5. The van der Waals surface area contributed by atoms with Crippen LogP contribution in [0.2, 0.25) is 0 Å². The van der Waals surface area contributed by atoms with Crippen molar-refractivity contribution in [3.63, 3.8) is 0 Å². The lowest BCUT2D eigenvalue weighted by atomic mass is 9.95. The molecule has 7 nitrogen and oxygen atoms in total. The Labute approximate surface area is 140 Å². The van der Waals surface area contributed by atoms with Gasteiger partial charge in [-0.2, -0.15) is 0 Å². The van der Waals surface area contributed by atoms with Crippen LogP contribution < -0.4 is 16.4 Å². The first kappa shape index (κ1) is 17.9. The quantitative estimate of drug-likeness (QED) is 0.670. The van der Waals surface area contributed by atoms with Crippen molar-refractivity contribution in [2.24, 2.45) is 17.6 Å². The van der Waals surface area contributed by atoms with Gasteiger partial charge >= 0.3 is 5.97 Å². The lowest BCUT2D eigenvalue weighted by molar-refractivity contribution is -0.139. The minimum absolute atomic E-state index is 0.0224. The Morgan fingerprint density at radius 3 is 2.54 bits per heavy atom. The molecule has 0 radical (unpaired) electrons. The summed E-state index contributed by atoms with van der Waals surface area (Å²) >= 11 is 0. The highest BCUT2D eigenvalue weighted by Crippen LogP contribution is 2.31. The number of rotatable bonds is 6.